The third-order valence-corrected chi connectivity index (χ3v) is 5.83. The first kappa shape index (κ1) is 18.4. The van der Waals surface area contributed by atoms with E-state index in [1.165, 1.54) is 5.56 Å². The number of hydrazine groups is 1. The van der Waals surface area contributed by atoms with Gasteiger partial charge in [0.1, 0.15) is 0 Å². The lowest BCUT2D eigenvalue weighted by Gasteiger charge is -2.33. The molecule has 0 spiro atoms. The summed E-state index contributed by atoms with van der Waals surface area (Å²) in [5, 5.41) is 0. The number of hydrogen-bond acceptors (Lipinski definition) is 4. The molecule has 3 atom stereocenters. The molecule has 0 radical (unpaired) electrons. The number of carbonyl (C=O) groups excluding carboxylic acids is 1. The van der Waals surface area contributed by atoms with Crippen molar-refractivity contribution < 1.29 is 4.79 Å². The van der Waals surface area contributed by atoms with E-state index in [-0.39, 0.29) is 0 Å². The van der Waals surface area contributed by atoms with Crippen molar-refractivity contribution in [2.45, 2.75) is 58.3 Å². The smallest absolute Gasteiger partial charge is 0.224 e. The fourth-order valence-corrected chi connectivity index (χ4v) is 4.13. The second-order valence-corrected chi connectivity index (χ2v) is 7.61. The monoisotopic (exact) mass is 344 g/mol. The van der Waals surface area contributed by atoms with E-state index in [4.69, 9.17) is 0 Å². The highest BCUT2D eigenvalue weighted by molar-refractivity contribution is 5.77. The second kappa shape index (κ2) is 8.30. The predicted octanol–water partition coefficient (Wildman–Crippen LogP) is 2.00. The van der Waals surface area contributed by atoms with Crippen LogP contribution >= 0.6 is 0 Å². The molecule has 0 aliphatic carbocycles. The second-order valence-electron chi connectivity index (χ2n) is 7.61. The average Bonchev–Trinajstić information content (AvgIpc) is 2.85. The molecule has 5 heteroatoms. The van der Waals surface area contributed by atoms with Gasteiger partial charge >= 0.3 is 0 Å². The molecule has 3 unspecified atom stereocenters. The molecule has 5 nitrogen and oxygen atoms in total. The largest absolute Gasteiger partial charge is 0.334 e. The van der Waals surface area contributed by atoms with Crippen LogP contribution in [-0.2, 0) is 11.3 Å². The van der Waals surface area contributed by atoms with Gasteiger partial charge in [0.05, 0.1) is 0 Å². The van der Waals surface area contributed by atoms with E-state index in [0.717, 1.165) is 32.6 Å². The van der Waals surface area contributed by atoms with E-state index in [9.17, 15) is 4.79 Å². The fourth-order valence-electron chi connectivity index (χ4n) is 4.13. The van der Waals surface area contributed by atoms with Gasteiger partial charge in [-0.2, -0.15) is 0 Å². The first-order valence-corrected chi connectivity index (χ1v) is 9.65. The number of nitrogens with one attached hydrogen (secondary N) is 2. The van der Waals surface area contributed by atoms with Crippen molar-refractivity contribution in [3.8, 4) is 0 Å². The van der Waals surface area contributed by atoms with Crippen LogP contribution in [0.4, 0.5) is 0 Å². The minimum atomic E-state index is 0.293. The first-order valence-electron chi connectivity index (χ1n) is 9.65. The summed E-state index contributed by atoms with van der Waals surface area (Å²) in [5.41, 5.74) is 7.91. The van der Waals surface area contributed by atoms with Crippen LogP contribution in [0, 0.1) is 5.92 Å². The molecule has 25 heavy (non-hydrogen) atoms. The molecule has 1 amide bonds. The lowest BCUT2D eigenvalue weighted by molar-refractivity contribution is -0.133. The zero-order valence-electron chi connectivity index (χ0n) is 15.7. The van der Waals surface area contributed by atoms with Crippen LogP contribution in [0.5, 0.6) is 0 Å². The lowest BCUT2D eigenvalue weighted by Crippen LogP contribution is -2.44. The average molecular weight is 345 g/mol. The molecule has 1 aromatic rings. The topological polar surface area (TPSA) is 47.6 Å². The van der Waals surface area contributed by atoms with Gasteiger partial charge in [-0.1, -0.05) is 37.3 Å². The molecule has 2 saturated heterocycles. The maximum absolute atomic E-state index is 12.8. The van der Waals surface area contributed by atoms with Crippen LogP contribution < -0.4 is 10.9 Å². The van der Waals surface area contributed by atoms with Crippen molar-refractivity contribution >= 4 is 5.91 Å². The fraction of sp³-hybridized carbons (Fsp3) is 0.650. The van der Waals surface area contributed by atoms with Crippen molar-refractivity contribution in [2.75, 3.05) is 19.6 Å². The van der Waals surface area contributed by atoms with Gasteiger partial charge in [-0.15, -0.1) is 0 Å². The molecule has 2 N–H and O–H groups in total. The van der Waals surface area contributed by atoms with Crippen LogP contribution in [-0.4, -0.2) is 53.5 Å². The minimum Gasteiger partial charge on any atom is -0.334 e. The van der Waals surface area contributed by atoms with E-state index < -0.39 is 0 Å². The first-order chi connectivity index (χ1) is 12.1. The Morgan fingerprint density at radius 1 is 1.12 bits per heavy atom. The maximum atomic E-state index is 12.8. The van der Waals surface area contributed by atoms with E-state index in [2.05, 4.69) is 53.6 Å². The standard InChI is InChI=1S/C20H32N4O/c1-4-18-13-23(14-19-15(2)21-22-16(19)3)11-10-20(25)24(18)12-17-8-6-5-7-9-17/h5-9,15-16,18-19,21-22H,4,10-14H2,1-3H3. The quantitative estimate of drug-likeness (QED) is 0.858. The SMILES string of the molecule is CCC1CN(CC2C(C)NNC2C)CCC(=O)N1Cc1ccccc1. The molecule has 1 aromatic carbocycles. The predicted molar refractivity (Wildman–Crippen MR) is 101 cm³/mol. The summed E-state index contributed by atoms with van der Waals surface area (Å²) in [5.74, 6) is 0.871. The summed E-state index contributed by atoms with van der Waals surface area (Å²) in [6.07, 6.45) is 1.63. The van der Waals surface area contributed by atoms with Gasteiger partial charge in [0.2, 0.25) is 5.91 Å². The molecule has 3 rings (SSSR count). The van der Waals surface area contributed by atoms with Crippen molar-refractivity contribution in [3.05, 3.63) is 35.9 Å². The maximum Gasteiger partial charge on any atom is 0.224 e. The molecule has 2 aliphatic rings. The van der Waals surface area contributed by atoms with Crippen molar-refractivity contribution in [1.82, 2.24) is 20.7 Å². The van der Waals surface area contributed by atoms with Crippen LogP contribution in [0.3, 0.4) is 0 Å². The van der Waals surface area contributed by atoms with Crippen LogP contribution in [0.2, 0.25) is 0 Å². The van der Waals surface area contributed by atoms with Crippen molar-refractivity contribution in [2.24, 2.45) is 5.92 Å². The Morgan fingerprint density at radius 2 is 1.80 bits per heavy atom. The Morgan fingerprint density at radius 3 is 2.44 bits per heavy atom. The van der Waals surface area contributed by atoms with E-state index in [1.807, 2.05) is 18.2 Å². The molecule has 2 fully saturated rings. The number of rotatable bonds is 5. The summed E-state index contributed by atoms with van der Waals surface area (Å²) >= 11 is 0. The molecule has 138 valence electrons. The highest BCUT2D eigenvalue weighted by atomic mass is 16.2. The van der Waals surface area contributed by atoms with Crippen LogP contribution in [0.1, 0.15) is 39.2 Å². The number of carbonyl (C=O) groups is 1. The van der Waals surface area contributed by atoms with Gasteiger partial charge in [-0.25, -0.2) is 0 Å². The summed E-state index contributed by atoms with van der Waals surface area (Å²) in [7, 11) is 0. The Hall–Kier alpha value is -1.43. The van der Waals surface area contributed by atoms with E-state index in [0.29, 0.717) is 36.4 Å². The molecular weight excluding hydrogens is 312 g/mol. The van der Waals surface area contributed by atoms with E-state index in [1.54, 1.807) is 0 Å². The van der Waals surface area contributed by atoms with Gasteiger partial charge in [-0.05, 0) is 25.8 Å². The summed E-state index contributed by atoms with van der Waals surface area (Å²) in [6, 6.07) is 11.6. The molecule has 0 saturated carbocycles. The van der Waals surface area contributed by atoms with E-state index >= 15 is 0 Å². The van der Waals surface area contributed by atoms with Crippen molar-refractivity contribution in [1.29, 1.82) is 0 Å². The zero-order valence-corrected chi connectivity index (χ0v) is 15.7. The third-order valence-electron chi connectivity index (χ3n) is 5.83. The van der Waals surface area contributed by atoms with Crippen LogP contribution in [0.25, 0.3) is 0 Å². The number of nitrogens with zero attached hydrogens (tertiary/aromatic N) is 2. The highest BCUT2D eigenvalue weighted by Crippen LogP contribution is 2.21. The Bertz CT molecular complexity index is 554. The summed E-state index contributed by atoms with van der Waals surface area (Å²) in [4.78, 5) is 17.4. The molecule has 0 bridgehead atoms. The lowest BCUT2D eigenvalue weighted by atomic mass is 9.95. The summed E-state index contributed by atoms with van der Waals surface area (Å²) < 4.78 is 0. The Labute approximate surface area is 151 Å². The molecule has 2 aliphatic heterocycles. The van der Waals surface area contributed by atoms with Gasteiger partial charge in [0, 0.05) is 56.6 Å². The summed E-state index contributed by atoms with van der Waals surface area (Å²) in [6.45, 7) is 10.3. The molecular formula is C20H32N4O. The minimum absolute atomic E-state index is 0.293. The van der Waals surface area contributed by atoms with Crippen LogP contribution in [0.15, 0.2) is 30.3 Å². The van der Waals surface area contributed by atoms with Crippen molar-refractivity contribution in [3.63, 3.8) is 0 Å². The number of benzene rings is 1. The zero-order chi connectivity index (χ0) is 17.8. The number of amides is 1. The molecule has 0 aromatic heterocycles. The third kappa shape index (κ3) is 4.40. The highest BCUT2D eigenvalue weighted by Gasteiger charge is 2.34. The normalized spacial score (nSPS) is 31.3. The Kier molecular flexibility index (Phi) is 6.10. The van der Waals surface area contributed by atoms with Gasteiger partial charge in [-0.3, -0.25) is 15.6 Å². The Balaban J connectivity index is 1.68. The van der Waals surface area contributed by atoms with Gasteiger partial charge in [0.25, 0.3) is 0 Å². The number of hydrogen-bond donors (Lipinski definition) is 2. The van der Waals surface area contributed by atoms with Gasteiger partial charge in [0.15, 0.2) is 0 Å². The van der Waals surface area contributed by atoms with Gasteiger partial charge < -0.3 is 9.80 Å². The molecule has 2 heterocycles.